The molecular formula is C27H41N7O4. The normalized spacial score (nSPS) is 11.5. The number of unbranched alkanes of at least 4 members (excludes halogenated alkanes) is 1. The van der Waals surface area contributed by atoms with Crippen molar-refractivity contribution in [3.05, 3.63) is 45.9 Å². The number of nitrogen functional groups attached to an aromatic ring is 1. The summed E-state index contributed by atoms with van der Waals surface area (Å²) in [7, 11) is 5.54. The Hall–Kier alpha value is -3.44. The van der Waals surface area contributed by atoms with Crippen molar-refractivity contribution in [2.75, 3.05) is 53.2 Å². The van der Waals surface area contributed by atoms with Crippen molar-refractivity contribution < 1.29 is 14.3 Å². The van der Waals surface area contributed by atoms with Crippen LogP contribution in [0.25, 0.3) is 11.2 Å². The minimum atomic E-state index is -0.263. The number of carbonyl (C=O) groups excluding carboxylic acids is 1. The van der Waals surface area contributed by atoms with Crippen molar-refractivity contribution >= 4 is 23.0 Å². The molecule has 208 valence electrons. The Kier molecular flexibility index (Phi) is 11.1. The van der Waals surface area contributed by atoms with E-state index < -0.39 is 0 Å². The third-order valence-electron chi connectivity index (χ3n) is 6.27. The van der Waals surface area contributed by atoms with Crippen molar-refractivity contribution in [1.29, 1.82) is 0 Å². The standard InChI is InChI=1S/C27H41N7O4/c1-5-6-16-38-26-30-24(28)23-25(31-26)34(27(36)29-23)15-9-14-33(13-8-12-32(2)3)19-21-11-7-10-20(17-21)18-22(35)37-4/h7,10-11,17H,5-6,8-9,12-16,18-19H2,1-4H3,(H,29,36)(H2,28,30,31). The first-order chi connectivity index (χ1) is 18.3. The monoisotopic (exact) mass is 527 g/mol. The molecule has 0 fully saturated rings. The number of anilines is 1. The first-order valence-electron chi connectivity index (χ1n) is 13.2. The maximum Gasteiger partial charge on any atom is 0.327 e. The average Bonchev–Trinajstić information content (AvgIpc) is 3.19. The molecule has 0 saturated heterocycles. The minimum Gasteiger partial charge on any atom is -0.469 e. The highest BCUT2D eigenvalue weighted by Gasteiger charge is 2.15. The van der Waals surface area contributed by atoms with E-state index >= 15 is 0 Å². The van der Waals surface area contributed by atoms with Crippen LogP contribution in [-0.2, 0) is 29.0 Å². The van der Waals surface area contributed by atoms with E-state index in [1.54, 1.807) is 4.57 Å². The second kappa shape index (κ2) is 14.5. The third-order valence-corrected chi connectivity index (χ3v) is 6.27. The lowest BCUT2D eigenvalue weighted by Gasteiger charge is -2.23. The molecule has 0 aliphatic heterocycles. The maximum atomic E-state index is 12.7. The van der Waals surface area contributed by atoms with Gasteiger partial charge in [0.2, 0.25) is 0 Å². The number of ether oxygens (including phenoxy) is 2. The van der Waals surface area contributed by atoms with Gasteiger partial charge in [0.05, 0.1) is 20.1 Å². The summed E-state index contributed by atoms with van der Waals surface area (Å²) in [5, 5.41) is 0. The Morgan fingerprint density at radius 3 is 2.61 bits per heavy atom. The molecule has 0 radical (unpaired) electrons. The SMILES string of the molecule is CCCCOc1nc(N)c2[nH]c(=O)n(CCCN(CCCN(C)C)Cc3cccc(CC(=O)OC)c3)c2n1. The van der Waals surface area contributed by atoms with Gasteiger partial charge in [-0.2, -0.15) is 9.97 Å². The molecule has 3 aromatic rings. The lowest BCUT2D eigenvalue weighted by atomic mass is 10.1. The molecule has 0 saturated carbocycles. The molecule has 11 heteroatoms. The third kappa shape index (κ3) is 8.56. The van der Waals surface area contributed by atoms with Crippen LogP contribution in [0.1, 0.15) is 43.7 Å². The fourth-order valence-corrected chi connectivity index (χ4v) is 4.28. The van der Waals surface area contributed by atoms with Gasteiger partial charge in [-0.3, -0.25) is 14.3 Å². The van der Waals surface area contributed by atoms with Crippen molar-refractivity contribution in [2.45, 2.75) is 52.1 Å². The van der Waals surface area contributed by atoms with Gasteiger partial charge in [0.15, 0.2) is 11.5 Å². The molecule has 2 aromatic heterocycles. The van der Waals surface area contributed by atoms with Crippen molar-refractivity contribution in [2.24, 2.45) is 0 Å². The molecule has 0 spiro atoms. The van der Waals surface area contributed by atoms with E-state index in [9.17, 15) is 9.59 Å². The lowest BCUT2D eigenvalue weighted by molar-refractivity contribution is -0.139. The van der Waals surface area contributed by atoms with Crippen LogP contribution in [0.15, 0.2) is 29.1 Å². The van der Waals surface area contributed by atoms with Gasteiger partial charge in [-0.25, -0.2) is 4.79 Å². The smallest absolute Gasteiger partial charge is 0.327 e. The summed E-state index contributed by atoms with van der Waals surface area (Å²) in [4.78, 5) is 40.4. The number of nitrogens with two attached hydrogens (primary N) is 1. The Balaban J connectivity index is 1.70. The van der Waals surface area contributed by atoms with Crippen LogP contribution in [0.2, 0.25) is 0 Å². The lowest BCUT2D eigenvalue weighted by Crippen LogP contribution is -2.29. The minimum absolute atomic E-state index is 0.188. The van der Waals surface area contributed by atoms with Gasteiger partial charge in [0, 0.05) is 19.6 Å². The van der Waals surface area contributed by atoms with Gasteiger partial charge in [-0.05, 0) is 57.6 Å². The number of fused-ring (bicyclic) bond motifs is 1. The van der Waals surface area contributed by atoms with E-state index in [0.29, 0.717) is 24.3 Å². The highest BCUT2D eigenvalue weighted by Crippen LogP contribution is 2.18. The van der Waals surface area contributed by atoms with Crippen LogP contribution < -0.4 is 16.2 Å². The van der Waals surface area contributed by atoms with E-state index in [1.165, 1.54) is 7.11 Å². The molecule has 2 heterocycles. The zero-order chi connectivity index (χ0) is 27.5. The second-order valence-corrected chi connectivity index (χ2v) is 9.73. The molecule has 11 nitrogen and oxygen atoms in total. The molecule has 0 aliphatic carbocycles. The van der Waals surface area contributed by atoms with Crippen LogP contribution in [-0.4, -0.2) is 82.7 Å². The average molecular weight is 528 g/mol. The zero-order valence-corrected chi connectivity index (χ0v) is 23.0. The summed E-state index contributed by atoms with van der Waals surface area (Å²) in [5.74, 6) is -0.0491. The first-order valence-corrected chi connectivity index (χ1v) is 13.2. The maximum absolute atomic E-state index is 12.7. The number of hydrogen-bond donors (Lipinski definition) is 2. The number of benzene rings is 1. The zero-order valence-electron chi connectivity index (χ0n) is 23.0. The van der Waals surface area contributed by atoms with Crippen molar-refractivity contribution in [3.8, 4) is 6.01 Å². The van der Waals surface area contributed by atoms with E-state index in [4.69, 9.17) is 15.2 Å². The van der Waals surface area contributed by atoms with Gasteiger partial charge < -0.3 is 25.1 Å². The van der Waals surface area contributed by atoms with Crippen LogP contribution >= 0.6 is 0 Å². The molecule has 0 atom stereocenters. The molecule has 0 unspecified atom stereocenters. The number of H-pyrrole nitrogens is 1. The summed E-state index contributed by atoms with van der Waals surface area (Å²) in [5.41, 5.74) is 8.78. The fraction of sp³-hybridized carbons (Fsp3) is 0.556. The topological polar surface area (TPSA) is 132 Å². The molecule has 0 aliphatic rings. The number of hydrogen-bond acceptors (Lipinski definition) is 9. The largest absolute Gasteiger partial charge is 0.469 e. The first kappa shape index (κ1) is 29.1. The van der Waals surface area contributed by atoms with Gasteiger partial charge in [0.25, 0.3) is 0 Å². The number of esters is 1. The Bertz CT molecular complexity index is 1240. The van der Waals surface area contributed by atoms with Crippen LogP contribution in [0, 0.1) is 0 Å². The number of imidazole rings is 1. The number of aromatic nitrogens is 4. The van der Waals surface area contributed by atoms with Gasteiger partial charge >= 0.3 is 17.7 Å². The summed E-state index contributed by atoms with van der Waals surface area (Å²) in [6.45, 7) is 6.48. The van der Waals surface area contributed by atoms with Gasteiger partial charge in [-0.15, -0.1) is 0 Å². The predicted molar refractivity (Wildman–Crippen MR) is 148 cm³/mol. The number of methoxy groups -OCH3 is 1. The summed E-state index contributed by atoms with van der Waals surface area (Å²) in [6, 6.07) is 8.23. The number of nitrogens with one attached hydrogen (secondary N) is 1. The second-order valence-electron chi connectivity index (χ2n) is 9.73. The Morgan fingerprint density at radius 1 is 1.11 bits per heavy atom. The molecule has 3 rings (SSSR count). The summed E-state index contributed by atoms with van der Waals surface area (Å²) in [6.07, 6.45) is 3.89. The van der Waals surface area contributed by atoms with E-state index in [0.717, 1.165) is 63.0 Å². The van der Waals surface area contributed by atoms with Crippen LogP contribution in [0.4, 0.5) is 5.82 Å². The quantitative estimate of drug-likeness (QED) is 0.213. The Labute approximate surface area is 223 Å². The van der Waals surface area contributed by atoms with Crippen molar-refractivity contribution in [1.82, 2.24) is 29.3 Å². The highest BCUT2D eigenvalue weighted by atomic mass is 16.5. The molecular weight excluding hydrogens is 486 g/mol. The van der Waals surface area contributed by atoms with E-state index in [-0.39, 0.29) is 29.9 Å². The molecule has 1 aromatic carbocycles. The number of rotatable bonds is 16. The predicted octanol–water partition coefficient (Wildman–Crippen LogP) is 2.44. The van der Waals surface area contributed by atoms with E-state index in [2.05, 4.69) is 57.9 Å². The van der Waals surface area contributed by atoms with Crippen LogP contribution in [0.3, 0.4) is 0 Å². The molecule has 3 N–H and O–H groups in total. The van der Waals surface area contributed by atoms with Gasteiger partial charge in [-0.1, -0.05) is 37.6 Å². The van der Waals surface area contributed by atoms with E-state index in [1.807, 2.05) is 12.1 Å². The summed E-state index contributed by atoms with van der Waals surface area (Å²) < 4.78 is 12.1. The fourth-order valence-electron chi connectivity index (χ4n) is 4.28. The number of nitrogens with zero attached hydrogens (tertiary/aromatic N) is 5. The van der Waals surface area contributed by atoms with Gasteiger partial charge in [0.1, 0.15) is 5.52 Å². The number of carbonyl (C=O) groups is 1. The molecule has 0 bridgehead atoms. The Morgan fingerprint density at radius 2 is 1.87 bits per heavy atom. The number of aryl methyl sites for hydroxylation is 1. The van der Waals surface area contributed by atoms with Crippen molar-refractivity contribution in [3.63, 3.8) is 0 Å². The molecule has 0 amide bonds. The summed E-state index contributed by atoms with van der Waals surface area (Å²) >= 11 is 0. The number of aromatic amines is 1. The molecule has 38 heavy (non-hydrogen) atoms. The highest BCUT2D eigenvalue weighted by molar-refractivity contribution is 5.81. The van der Waals surface area contributed by atoms with Crippen LogP contribution in [0.5, 0.6) is 6.01 Å².